The maximum absolute atomic E-state index is 11.4. The fourth-order valence-corrected chi connectivity index (χ4v) is 1.62. The Morgan fingerprint density at radius 3 is 3.07 bits per heavy atom. The monoisotopic (exact) mass is 216 g/mol. The summed E-state index contributed by atoms with van der Waals surface area (Å²) in [6.45, 7) is 5.51. The summed E-state index contributed by atoms with van der Waals surface area (Å²) in [5.41, 5.74) is 0. The summed E-state index contributed by atoms with van der Waals surface area (Å²) in [5.74, 6) is 0.00352. The molecule has 1 fully saturated rings. The van der Waals surface area contributed by atoms with Crippen molar-refractivity contribution in [2.24, 2.45) is 0 Å². The number of nitrogens with zero attached hydrogens (tertiary/aromatic N) is 1. The highest BCUT2D eigenvalue weighted by atomic mass is 16.5. The van der Waals surface area contributed by atoms with Crippen LogP contribution in [0.25, 0.3) is 0 Å². The first-order valence-corrected chi connectivity index (χ1v) is 5.47. The average Bonchev–Trinajstić information content (AvgIpc) is 2.59. The van der Waals surface area contributed by atoms with Gasteiger partial charge in [-0.3, -0.25) is 9.69 Å². The normalized spacial score (nSPS) is 21.9. The lowest BCUT2D eigenvalue weighted by atomic mass is 10.3. The molecule has 15 heavy (non-hydrogen) atoms. The van der Waals surface area contributed by atoms with Crippen LogP contribution in [0.15, 0.2) is 0 Å². The second kappa shape index (κ2) is 6.76. The van der Waals surface area contributed by atoms with Crippen molar-refractivity contribution >= 4 is 5.91 Å². The summed E-state index contributed by atoms with van der Waals surface area (Å²) in [5, 5.41) is 12.0. The van der Waals surface area contributed by atoms with Gasteiger partial charge in [-0.2, -0.15) is 0 Å². The lowest BCUT2D eigenvalue weighted by Crippen LogP contribution is -2.37. The number of likely N-dealkylation sites (tertiary alicyclic amines) is 1. The molecule has 1 rings (SSSR count). The largest absolute Gasteiger partial charge is 0.392 e. The minimum absolute atomic E-state index is 0.00352. The van der Waals surface area contributed by atoms with Gasteiger partial charge >= 0.3 is 0 Å². The van der Waals surface area contributed by atoms with E-state index in [2.05, 4.69) is 5.32 Å². The summed E-state index contributed by atoms with van der Waals surface area (Å²) in [7, 11) is 0. The SMILES string of the molecule is CCOCCNC(=O)CN1CC[C@H](O)C1. The fraction of sp³-hybridized carbons (Fsp3) is 0.900. The highest BCUT2D eigenvalue weighted by molar-refractivity contribution is 5.78. The van der Waals surface area contributed by atoms with Crippen LogP contribution < -0.4 is 5.32 Å². The van der Waals surface area contributed by atoms with Gasteiger partial charge in [-0.1, -0.05) is 0 Å². The lowest BCUT2D eigenvalue weighted by Gasteiger charge is -2.14. The number of aliphatic hydroxyl groups excluding tert-OH is 1. The van der Waals surface area contributed by atoms with Crippen LogP contribution in [0.1, 0.15) is 13.3 Å². The number of carbonyl (C=O) groups is 1. The maximum Gasteiger partial charge on any atom is 0.234 e. The minimum atomic E-state index is -0.263. The Bertz CT molecular complexity index is 199. The number of hydrogen-bond acceptors (Lipinski definition) is 4. The third kappa shape index (κ3) is 5.11. The van der Waals surface area contributed by atoms with Crippen molar-refractivity contribution in [2.75, 3.05) is 39.4 Å². The van der Waals surface area contributed by atoms with Crippen molar-refractivity contribution in [3.05, 3.63) is 0 Å². The molecule has 1 amide bonds. The first-order valence-electron chi connectivity index (χ1n) is 5.47. The van der Waals surface area contributed by atoms with Gasteiger partial charge in [0.15, 0.2) is 0 Å². The summed E-state index contributed by atoms with van der Waals surface area (Å²) < 4.78 is 5.10. The van der Waals surface area contributed by atoms with Crippen LogP contribution >= 0.6 is 0 Å². The minimum Gasteiger partial charge on any atom is -0.392 e. The van der Waals surface area contributed by atoms with E-state index in [1.807, 2.05) is 11.8 Å². The average molecular weight is 216 g/mol. The molecule has 0 bridgehead atoms. The van der Waals surface area contributed by atoms with Crippen molar-refractivity contribution in [1.82, 2.24) is 10.2 Å². The predicted molar refractivity (Wildman–Crippen MR) is 56.6 cm³/mol. The number of carbonyl (C=O) groups excluding carboxylic acids is 1. The standard InChI is InChI=1S/C10H20N2O3/c1-2-15-6-4-11-10(14)8-12-5-3-9(13)7-12/h9,13H,2-8H2,1H3,(H,11,14)/t9-/m0/s1. The van der Waals surface area contributed by atoms with Crippen LogP contribution in [0.2, 0.25) is 0 Å². The van der Waals surface area contributed by atoms with Crippen LogP contribution in [0.3, 0.4) is 0 Å². The van der Waals surface area contributed by atoms with Gasteiger partial charge in [0.1, 0.15) is 0 Å². The second-order valence-corrected chi connectivity index (χ2v) is 3.72. The zero-order valence-corrected chi connectivity index (χ0v) is 9.24. The van der Waals surface area contributed by atoms with Gasteiger partial charge < -0.3 is 15.2 Å². The molecule has 88 valence electrons. The maximum atomic E-state index is 11.4. The van der Waals surface area contributed by atoms with Gasteiger partial charge in [-0.25, -0.2) is 0 Å². The third-order valence-corrected chi connectivity index (χ3v) is 2.39. The highest BCUT2D eigenvalue weighted by Gasteiger charge is 2.21. The number of β-amino-alcohol motifs (C(OH)–C–C–N with tert-alkyl or cyclic N) is 1. The molecule has 0 aliphatic carbocycles. The first kappa shape index (κ1) is 12.4. The van der Waals surface area contributed by atoms with Crippen molar-refractivity contribution in [3.8, 4) is 0 Å². The molecule has 0 aromatic heterocycles. The summed E-state index contributed by atoms with van der Waals surface area (Å²) in [6.07, 6.45) is 0.507. The van der Waals surface area contributed by atoms with E-state index in [1.54, 1.807) is 0 Å². The topological polar surface area (TPSA) is 61.8 Å². The Balaban J connectivity index is 2.03. The molecule has 1 aliphatic heterocycles. The molecule has 5 heteroatoms. The van der Waals surface area contributed by atoms with E-state index in [9.17, 15) is 9.90 Å². The molecule has 1 saturated heterocycles. The molecule has 2 N–H and O–H groups in total. The summed E-state index contributed by atoms with van der Waals surface area (Å²) in [6, 6.07) is 0. The van der Waals surface area contributed by atoms with E-state index in [0.717, 1.165) is 13.0 Å². The highest BCUT2D eigenvalue weighted by Crippen LogP contribution is 2.07. The number of nitrogens with one attached hydrogen (secondary N) is 1. The summed E-state index contributed by atoms with van der Waals surface area (Å²) in [4.78, 5) is 13.3. The van der Waals surface area contributed by atoms with Crippen molar-refractivity contribution < 1.29 is 14.6 Å². The van der Waals surface area contributed by atoms with Crippen molar-refractivity contribution in [3.63, 3.8) is 0 Å². The number of aliphatic hydroxyl groups is 1. The van der Waals surface area contributed by atoms with Crippen molar-refractivity contribution in [2.45, 2.75) is 19.4 Å². The molecule has 0 aromatic carbocycles. The molecule has 1 heterocycles. The molecule has 0 radical (unpaired) electrons. The van der Waals surface area contributed by atoms with Gasteiger partial charge in [0.2, 0.25) is 5.91 Å². The van der Waals surface area contributed by atoms with E-state index >= 15 is 0 Å². The Hall–Kier alpha value is -0.650. The Kier molecular flexibility index (Phi) is 5.60. The molecule has 5 nitrogen and oxygen atoms in total. The van der Waals surface area contributed by atoms with E-state index < -0.39 is 0 Å². The number of rotatable bonds is 6. The van der Waals surface area contributed by atoms with Crippen LogP contribution in [0, 0.1) is 0 Å². The molecule has 1 atom stereocenters. The Labute approximate surface area is 90.4 Å². The van der Waals surface area contributed by atoms with Crippen LogP contribution in [0.4, 0.5) is 0 Å². The van der Waals surface area contributed by atoms with Crippen LogP contribution in [-0.4, -0.2) is 61.4 Å². The second-order valence-electron chi connectivity index (χ2n) is 3.72. The first-order chi connectivity index (χ1) is 7.22. The molecular weight excluding hydrogens is 196 g/mol. The Morgan fingerprint density at radius 1 is 1.67 bits per heavy atom. The van der Waals surface area contributed by atoms with Crippen LogP contribution in [-0.2, 0) is 9.53 Å². The van der Waals surface area contributed by atoms with Gasteiger partial charge in [-0.15, -0.1) is 0 Å². The van der Waals surface area contributed by atoms with Crippen molar-refractivity contribution in [1.29, 1.82) is 0 Å². The third-order valence-electron chi connectivity index (χ3n) is 2.39. The zero-order chi connectivity index (χ0) is 11.1. The predicted octanol–water partition coefficient (Wildman–Crippen LogP) is -0.794. The van der Waals surface area contributed by atoms with E-state index in [4.69, 9.17) is 4.74 Å². The van der Waals surface area contributed by atoms with Gasteiger partial charge in [-0.05, 0) is 13.3 Å². The molecule has 1 aliphatic rings. The van der Waals surface area contributed by atoms with E-state index in [1.165, 1.54) is 0 Å². The molecular formula is C10H20N2O3. The number of ether oxygens (including phenoxy) is 1. The molecule has 0 unspecified atom stereocenters. The smallest absolute Gasteiger partial charge is 0.234 e. The van der Waals surface area contributed by atoms with Crippen LogP contribution in [0.5, 0.6) is 0 Å². The van der Waals surface area contributed by atoms with Gasteiger partial charge in [0.25, 0.3) is 0 Å². The fourth-order valence-electron chi connectivity index (χ4n) is 1.62. The van der Waals surface area contributed by atoms with Gasteiger partial charge in [0.05, 0.1) is 19.3 Å². The molecule has 0 aromatic rings. The van der Waals surface area contributed by atoms with E-state index in [-0.39, 0.29) is 12.0 Å². The number of amides is 1. The molecule has 0 saturated carbocycles. The van der Waals surface area contributed by atoms with E-state index in [0.29, 0.717) is 32.8 Å². The lowest BCUT2D eigenvalue weighted by molar-refractivity contribution is -0.122. The van der Waals surface area contributed by atoms with Gasteiger partial charge in [0, 0.05) is 26.2 Å². The quantitative estimate of drug-likeness (QED) is 0.571. The molecule has 0 spiro atoms. The number of hydrogen-bond donors (Lipinski definition) is 2. The Morgan fingerprint density at radius 2 is 2.47 bits per heavy atom. The summed E-state index contributed by atoms with van der Waals surface area (Å²) >= 11 is 0. The zero-order valence-electron chi connectivity index (χ0n) is 9.24.